The van der Waals surface area contributed by atoms with Gasteiger partial charge in [-0.3, -0.25) is 0 Å². The summed E-state index contributed by atoms with van der Waals surface area (Å²) in [5, 5.41) is 12.5. The van der Waals surface area contributed by atoms with Gasteiger partial charge in [-0.2, -0.15) is 5.26 Å². The molecule has 1 N–H and O–H groups in total. The van der Waals surface area contributed by atoms with E-state index < -0.39 is 0 Å². The van der Waals surface area contributed by atoms with E-state index in [2.05, 4.69) is 27.3 Å². The molecule has 0 bridgehead atoms. The molecule has 1 unspecified atom stereocenters. The van der Waals surface area contributed by atoms with Crippen molar-refractivity contribution in [3.8, 4) is 6.07 Å². The first-order valence-electron chi connectivity index (χ1n) is 7.31. The molecule has 20 heavy (non-hydrogen) atoms. The SMILES string of the molecule is N#Cc1ccc(NC2CCOC3(CCCC3)C2)c(Br)c1. The predicted octanol–water partition coefficient (Wildman–Crippen LogP) is 4.22. The maximum absolute atomic E-state index is 8.91. The Labute approximate surface area is 128 Å². The number of hydrogen-bond acceptors (Lipinski definition) is 3. The van der Waals surface area contributed by atoms with Crippen LogP contribution in [0.4, 0.5) is 5.69 Å². The zero-order valence-corrected chi connectivity index (χ0v) is 13.1. The van der Waals surface area contributed by atoms with E-state index in [4.69, 9.17) is 10.00 Å². The molecule has 1 saturated heterocycles. The van der Waals surface area contributed by atoms with Crippen molar-refractivity contribution < 1.29 is 4.74 Å². The number of nitriles is 1. The molecule has 1 aromatic carbocycles. The van der Waals surface area contributed by atoms with Crippen LogP contribution in [-0.4, -0.2) is 18.2 Å². The number of hydrogen-bond donors (Lipinski definition) is 1. The van der Waals surface area contributed by atoms with Crippen LogP contribution in [0.15, 0.2) is 22.7 Å². The highest BCUT2D eigenvalue weighted by Crippen LogP contribution is 2.41. The van der Waals surface area contributed by atoms with Gasteiger partial charge in [-0.05, 0) is 59.8 Å². The van der Waals surface area contributed by atoms with Gasteiger partial charge < -0.3 is 10.1 Å². The lowest BCUT2D eigenvalue weighted by Gasteiger charge is -2.39. The fraction of sp³-hybridized carbons (Fsp3) is 0.562. The molecule has 2 aliphatic rings. The summed E-state index contributed by atoms with van der Waals surface area (Å²) in [5.74, 6) is 0. The number of anilines is 1. The van der Waals surface area contributed by atoms with E-state index in [1.807, 2.05) is 18.2 Å². The summed E-state index contributed by atoms with van der Waals surface area (Å²) in [6.45, 7) is 0.853. The third kappa shape index (κ3) is 2.84. The summed E-state index contributed by atoms with van der Waals surface area (Å²) >= 11 is 3.54. The van der Waals surface area contributed by atoms with Gasteiger partial charge in [-0.1, -0.05) is 12.8 Å². The molecule has 0 amide bonds. The summed E-state index contributed by atoms with van der Waals surface area (Å²) in [4.78, 5) is 0. The standard InChI is InChI=1S/C16H19BrN2O/c17-14-9-12(11-18)3-4-15(14)19-13-5-8-20-16(10-13)6-1-2-7-16/h3-4,9,13,19H,1-2,5-8,10H2. The third-order valence-electron chi connectivity index (χ3n) is 4.47. The minimum Gasteiger partial charge on any atom is -0.381 e. The number of ether oxygens (including phenoxy) is 1. The normalized spacial score (nSPS) is 24.5. The van der Waals surface area contributed by atoms with Crippen molar-refractivity contribution in [3.05, 3.63) is 28.2 Å². The largest absolute Gasteiger partial charge is 0.381 e. The van der Waals surface area contributed by atoms with E-state index in [9.17, 15) is 0 Å². The van der Waals surface area contributed by atoms with Crippen molar-refractivity contribution in [2.75, 3.05) is 11.9 Å². The predicted molar refractivity (Wildman–Crippen MR) is 82.7 cm³/mol. The second kappa shape index (κ2) is 5.75. The zero-order valence-electron chi connectivity index (χ0n) is 11.5. The second-order valence-corrected chi connectivity index (χ2v) is 6.73. The van der Waals surface area contributed by atoms with Gasteiger partial charge in [-0.25, -0.2) is 0 Å². The van der Waals surface area contributed by atoms with Crippen LogP contribution in [-0.2, 0) is 4.74 Å². The van der Waals surface area contributed by atoms with E-state index in [0.717, 1.165) is 29.6 Å². The Bertz CT molecular complexity index is 532. The van der Waals surface area contributed by atoms with Crippen LogP contribution in [0, 0.1) is 11.3 Å². The average molecular weight is 335 g/mol. The van der Waals surface area contributed by atoms with Gasteiger partial charge in [0.25, 0.3) is 0 Å². The Morgan fingerprint density at radius 2 is 2.15 bits per heavy atom. The molecule has 0 radical (unpaired) electrons. The molecule has 1 atom stereocenters. The molecule has 106 valence electrons. The minimum absolute atomic E-state index is 0.134. The summed E-state index contributed by atoms with van der Waals surface area (Å²) < 4.78 is 7.03. The molecule has 1 spiro atoms. The first kappa shape index (κ1) is 13.9. The first-order chi connectivity index (χ1) is 9.71. The molecule has 1 aromatic rings. The van der Waals surface area contributed by atoms with Gasteiger partial charge in [0, 0.05) is 22.8 Å². The molecule has 1 aliphatic carbocycles. The summed E-state index contributed by atoms with van der Waals surface area (Å²) in [6, 6.07) is 8.34. The van der Waals surface area contributed by atoms with E-state index in [0.29, 0.717) is 11.6 Å². The number of nitrogens with zero attached hydrogens (tertiary/aromatic N) is 1. The Morgan fingerprint density at radius 1 is 1.35 bits per heavy atom. The number of rotatable bonds is 2. The summed E-state index contributed by atoms with van der Waals surface area (Å²) in [6.07, 6.45) is 7.16. The fourth-order valence-corrected chi connectivity index (χ4v) is 3.93. The first-order valence-corrected chi connectivity index (χ1v) is 8.10. The molecule has 1 saturated carbocycles. The maximum Gasteiger partial charge on any atom is 0.0992 e. The van der Waals surface area contributed by atoms with E-state index in [1.54, 1.807) is 0 Å². The van der Waals surface area contributed by atoms with Crippen molar-refractivity contribution in [2.24, 2.45) is 0 Å². The van der Waals surface area contributed by atoms with Crippen LogP contribution in [0.25, 0.3) is 0 Å². The zero-order chi connectivity index (χ0) is 14.0. The monoisotopic (exact) mass is 334 g/mol. The molecule has 1 aliphatic heterocycles. The Hall–Kier alpha value is -1.05. The third-order valence-corrected chi connectivity index (χ3v) is 5.12. The summed E-state index contributed by atoms with van der Waals surface area (Å²) in [5.41, 5.74) is 1.89. The van der Waals surface area contributed by atoms with Crippen LogP contribution in [0.2, 0.25) is 0 Å². The topological polar surface area (TPSA) is 45.0 Å². The molecule has 3 nitrogen and oxygen atoms in total. The van der Waals surface area contributed by atoms with E-state index in [1.165, 1.54) is 25.7 Å². The van der Waals surface area contributed by atoms with Crippen molar-refractivity contribution >= 4 is 21.6 Å². The van der Waals surface area contributed by atoms with Crippen molar-refractivity contribution in [1.82, 2.24) is 0 Å². The van der Waals surface area contributed by atoms with Gasteiger partial charge in [0.1, 0.15) is 0 Å². The highest BCUT2D eigenvalue weighted by Gasteiger charge is 2.39. The molecular formula is C16H19BrN2O. The van der Waals surface area contributed by atoms with E-state index >= 15 is 0 Å². The lowest BCUT2D eigenvalue weighted by atomic mass is 9.89. The number of benzene rings is 1. The molecule has 2 fully saturated rings. The van der Waals surface area contributed by atoms with Crippen molar-refractivity contribution in [3.63, 3.8) is 0 Å². The lowest BCUT2D eigenvalue weighted by molar-refractivity contribution is -0.0767. The molecular weight excluding hydrogens is 316 g/mol. The highest BCUT2D eigenvalue weighted by atomic mass is 79.9. The highest BCUT2D eigenvalue weighted by molar-refractivity contribution is 9.10. The molecule has 0 aromatic heterocycles. The van der Waals surface area contributed by atoms with Crippen molar-refractivity contribution in [2.45, 2.75) is 50.2 Å². The van der Waals surface area contributed by atoms with Gasteiger partial charge in [0.15, 0.2) is 0 Å². The Kier molecular flexibility index (Phi) is 4.00. The summed E-state index contributed by atoms with van der Waals surface area (Å²) in [7, 11) is 0. The van der Waals surface area contributed by atoms with E-state index in [-0.39, 0.29) is 5.60 Å². The van der Waals surface area contributed by atoms with Crippen LogP contribution in [0.1, 0.15) is 44.1 Å². The quantitative estimate of drug-likeness (QED) is 0.880. The van der Waals surface area contributed by atoms with Crippen LogP contribution >= 0.6 is 15.9 Å². The minimum atomic E-state index is 0.134. The Morgan fingerprint density at radius 3 is 2.85 bits per heavy atom. The van der Waals surface area contributed by atoms with Gasteiger partial charge in [0.05, 0.1) is 17.2 Å². The van der Waals surface area contributed by atoms with Crippen molar-refractivity contribution in [1.29, 1.82) is 5.26 Å². The molecule has 3 rings (SSSR count). The second-order valence-electron chi connectivity index (χ2n) is 5.88. The number of halogens is 1. The molecule has 1 heterocycles. The van der Waals surface area contributed by atoms with Crippen LogP contribution in [0.3, 0.4) is 0 Å². The van der Waals surface area contributed by atoms with Crippen LogP contribution in [0.5, 0.6) is 0 Å². The van der Waals surface area contributed by atoms with Gasteiger partial charge in [-0.15, -0.1) is 0 Å². The average Bonchev–Trinajstić information content (AvgIpc) is 2.89. The molecule has 4 heteroatoms. The van der Waals surface area contributed by atoms with Gasteiger partial charge in [0.2, 0.25) is 0 Å². The number of nitrogens with one attached hydrogen (secondary N) is 1. The van der Waals surface area contributed by atoms with Gasteiger partial charge >= 0.3 is 0 Å². The lowest BCUT2D eigenvalue weighted by Crippen LogP contribution is -2.42. The smallest absolute Gasteiger partial charge is 0.0992 e. The maximum atomic E-state index is 8.91. The Balaban J connectivity index is 1.70. The fourth-order valence-electron chi connectivity index (χ4n) is 3.44. The van der Waals surface area contributed by atoms with Crippen LogP contribution < -0.4 is 5.32 Å².